The number of β-amino-alcohol motifs (C(OH)–C–C–N with tert-alkyl or cyclic N) is 1. The standard InChI is InChI=1S/C9H21N3OS/c10-1-6-14-8-9(13)7-12-4-2-11-3-5-12/h9,11,13H,1-8,10H2. The zero-order chi connectivity index (χ0) is 10.2. The van der Waals surface area contributed by atoms with Crippen molar-refractivity contribution in [1.29, 1.82) is 0 Å². The van der Waals surface area contributed by atoms with Crippen LogP contribution < -0.4 is 11.1 Å². The first-order valence-electron chi connectivity index (χ1n) is 5.22. The lowest BCUT2D eigenvalue weighted by atomic mass is 10.3. The van der Waals surface area contributed by atoms with Crippen molar-refractivity contribution in [3.63, 3.8) is 0 Å². The Labute approximate surface area is 90.2 Å². The van der Waals surface area contributed by atoms with Gasteiger partial charge in [0, 0.05) is 50.8 Å². The van der Waals surface area contributed by atoms with Crippen LogP contribution in [0.4, 0.5) is 0 Å². The van der Waals surface area contributed by atoms with Gasteiger partial charge in [0.05, 0.1) is 6.10 Å². The Morgan fingerprint density at radius 3 is 2.79 bits per heavy atom. The SMILES string of the molecule is NCCSCC(O)CN1CCNCC1. The van der Waals surface area contributed by atoms with Crippen LogP contribution in [0.25, 0.3) is 0 Å². The Morgan fingerprint density at radius 1 is 1.43 bits per heavy atom. The van der Waals surface area contributed by atoms with E-state index in [0.29, 0.717) is 6.54 Å². The van der Waals surface area contributed by atoms with Gasteiger partial charge in [-0.25, -0.2) is 0 Å². The van der Waals surface area contributed by atoms with Gasteiger partial charge in [-0.15, -0.1) is 0 Å². The summed E-state index contributed by atoms with van der Waals surface area (Å²) in [5.41, 5.74) is 5.38. The average Bonchev–Trinajstić information content (AvgIpc) is 2.20. The number of aliphatic hydroxyl groups excluding tert-OH is 1. The van der Waals surface area contributed by atoms with Crippen LogP contribution >= 0.6 is 11.8 Å². The highest BCUT2D eigenvalue weighted by molar-refractivity contribution is 7.99. The summed E-state index contributed by atoms with van der Waals surface area (Å²) in [7, 11) is 0. The minimum absolute atomic E-state index is 0.204. The van der Waals surface area contributed by atoms with Gasteiger partial charge >= 0.3 is 0 Å². The molecule has 0 aromatic rings. The van der Waals surface area contributed by atoms with Crippen molar-refractivity contribution in [2.75, 3.05) is 50.8 Å². The molecule has 1 saturated heterocycles. The number of nitrogens with zero attached hydrogens (tertiary/aromatic N) is 1. The maximum atomic E-state index is 9.70. The predicted octanol–water partition coefficient (Wildman–Crippen LogP) is -1.06. The van der Waals surface area contributed by atoms with E-state index in [9.17, 15) is 5.11 Å². The normalized spacial score (nSPS) is 21.0. The number of hydrogen-bond donors (Lipinski definition) is 3. The maximum Gasteiger partial charge on any atom is 0.0757 e. The minimum Gasteiger partial charge on any atom is -0.391 e. The first kappa shape index (κ1) is 12.3. The molecule has 0 aromatic heterocycles. The number of aliphatic hydroxyl groups is 1. The van der Waals surface area contributed by atoms with E-state index in [1.54, 1.807) is 11.8 Å². The molecule has 0 spiro atoms. The summed E-state index contributed by atoms with van der Waals surface area (Å²) in [6.07, 6.45) is -0.204. The van der Waals surface area contributed by atoms with Crippen molar-refractivity contribution in [2.45, 2.75) is 6.10 Å². The monoisotopic (exact) mass is 219 g/mol. The van der Waals surface area contributed by atoms with E-state index in [0.717, 1.165) is 44.2 Å². The molecule has 0 radical (unpaired) electrons. The van der Waals surface area contributed by atoms with E-state index in [2.05, 4.69) is 10.2 Å². The van der Waals surface area contributed by atoms with Gasteiger partial charge in [0.15, 0.2) is 0 Å². The molecule has 1 aliphatic rings. The Morgan fingerprint density at radius 2 is 2.14 bits per heavy atom. The van der Waals surface area contributed by atoms with E-state index in [4.69, 9.17) is 5.73 Å². The van der Waals surface area contributed by atoms with Crippen molar-refractivity contribution < 1.29 is 5.11 Å². The smallest absolute Gasteiger partial charge is 0.0757 e. The second-order valence-electron chi connectivity index (χ2n) is 3.57. The second-order valence-corrected chi connectivity index (χ2v) is 4.72. The predicted molar refractivity (Wildman–Crippen MR) is 61.7 cm³/mol. The third-order valence-electron chi connectivity index (χ3n) is 2.25. The molecule has 1 fully saturated rings. The van der Waals surface area contributed by atoms with Crippen molar-refractivity contribution >= 4 is 11.8 Å². The largest absolute Gasteiger partial charge is 0.391 e. The van der Waals surface area contributed by atoms with Crippen molar-refractivity contribution in [1.82, 2.24) is 10.2 Å². The highest BCUT2D eigenvalue weighted by Gasteiger charge is 2.13. The molecule has 1 heterocycles. The molecular formula is C9H21N3OS. The summed E-state index contributed by atoms with van der Waals surface area (Å²) in [5.74, 6) is 1.75. The van der Waals surface area contributed by atoms with Crippen LogP contribution in [0.2, 0.25) is 0 Å². The molecule has 0 amide bonds. The van der Waals surface area contributed by atoms with E-state index >= 15 is 0 Å². The molecule has 1 atom stereocenters. The lowest BCUT2D eigenvalue weighted by molar-refractivity contribution is 0.121. The fourth-order valence-electron chi connectivity index (χ4n) is 1.55. The van der Waals surface area contributed by atoms with Gasteiger partial charge in [0.25, 0.3) is 0 Å². The summed E-state index contributed by atoms with van der Waals surface area (Å²) >= 11 is 1.73. The molecule has 1 aliphatic heterocycles. The molecule has 4 nitrogen and oxygen atoms in total. The lowest BCUT2D eigenvalue weighted by Gasteiger charge is -2.28. The molecule has 0 bridgehead atoms. The second kappa shape index (κ2) is 7.48. The Hall–Kier alpha value is 0.190. The summed E-state index contributed by atoms with van der Waals surface area (Å²) in [6.45, 7) is 5.70. The fraction of sp³-hybridized carbons (Fsp3) is 1.00. The minimum atomic E-state index is -0.204. The van der Waals surface area contributed by atoms with Gasteiger partial charge in [-0.05, 0) is 0 Å². The molecule has 4 N–H and O–H groups in total. The average molecular weight is 219 g/mol. The number of rotatable bonds is 6. The van der Waals surface area contributed by atoms with Crippen molar-refractivity contribution in [2.24, 2.45) is 5.73 Å². The molecule has 0 saturated carbocycles. The van der Waals surface area contributed by atoms with Crippen LogP contribution in [0.15, 0.2) is 0 Å². The molecule has 1 unspecified atom stereocenters. The van der Waals surface area contributed by atoms with Crippen LogP contribution in [-0.2, 0) is 0 Å². The van der Waals surface area contributed by atoms with Gasteiger partial charge in [-0.3, -0.25) is 4.90 Å². The third-order valence-corrected chi connectivity index (χ3v) is 3.40. The summed E-state index contributed by atoms with van der Waals surface area (Å²) in [4.78, 5) is 2.31. The van der Waals surface area contributed by atoms with Gasteiger partial charge < -0.3 is 16.2 Å². The van der Waals surface area contributed by atoms with Crippen LogP contribution in [0.5, 0.6) is 0 Å². The lowest BCUT2D eigenvalue weighted by Crippen LogP contribution is -2.46. The van der Waals surface area contributed by atoms with Gasteiger partial charge in [0.2, 0.25) is 0 Å². The Bertz CT molecular complexity index is 142. The van der Waals surface area contributed by atoms with E-state index in [1.807, 2.05) is 0 Å². The van der Waals surface area contributed by atoms with Gasteiger partial charge in [-0.2, -0.15) is 11.8 Å². The zero-order valence-electron chi connectivity index (χ0n) is 8.61. The summed E-state index contributed by atoms with van der Waals surface area (Å²) < 4.78 is 0. The molecule has 84 valence electrons. The van der Waals surface area contributed by atoms with E-state index in [-0.39, 0.29) is 6.10 Å². The van der Waals surface area contributed by atoms with Crippen molar-refractivity contribution in [3.05, 3.63) is 0 Å². The first-order valence-corrected chi connectivity index (χ1v) is 6.37. The van der Waals surface area contributed by atoms with E-state index in [1.165, 1.54) is 0 Å². The van der Waals surface area contributed by atoms with Crippen LogP contribution in [0, 0.1) is 0 Å². The highest BCUT2D eigenvalue weighted by Crippen LogP contribution is 2.04. The highest BCUT2D eigenvalue weighted by atomic mass is 32.2. The number of piperazine rings is 1. The Balaban J connectivity index is 2.03. The number of thioether (sulfide) groups is 1. The summed E-state index contributed by atoms with van der Waals surface area (Å²) in [5, 5.41) is 13.0. The quantitative estimate of drug-likeness (QED) is 0.497. The number of hydrogen-bond acceptors (Lipinski definition) is 5. The summed E-state index contributed by atoms with van der Waals surface area (Å²) in [6, 6.07) is 0. The third kappa shape index (κ3) is 5.17. The van der Waals surface area contributed by atoms with Crippen LogP contribution in [0.1, 0.15) is 0 Å². The maximum absolute atomic E-state index is 9.70. The molecule has 0 aromatic carbocycles. The molecule has 0 aliphatic carbocycles. The van der Waals surface area contributed by atoms with Crippen LogP contribution in [-0.4, -0.2) is 66.9 Å². The van der Waals surface area contributed by atoms with Crippen molar-refractivity contribution in [3.8, 4) is 0 Å². The number of nitrogens with one attached hydrogen (secondary N) is 1. The van der Waals surface area contributed by atoms with Gasteiger partial charge in [0.1, 0.15) is 0 Å². The fourth-order valence-corrected chi connectivity index (χ4v) is 2.26. The zero-order valence-corrected chi connectivity index (χ0v) is 9.43. The number of nitrogens with two attached hydrogens (primary N) is 1. The van der Waals surface area contributed by atoms with E-state index < -0.39 is 0 Å². The molecule has 14 heavy (non-hydrogen) atoms. The topological polar surface area (TPSA) is 61.5 Å². The Kier molecular flexibility index (Phi) is 6.55. The molecule has 5 heteroatoms. The van der Waals surface area contributed by atoms with Crippen LogP contribution in [0.3, 0.4) is 0 Å². The van der Waals surface area contributed by atoms with Gasteiger partial charge in [-0.1, -0.05) is 0 Å². The molecule has 1 rings (SSSR count). The molecular weight excluding hydrogens is 198 g/mol. The first-order chi connectivity index (χ1) is 6.83.